The molecule has 2 nitrogen and oxygen atoms in total. The third-order valence-electron chi connectivity index (χ3n) is 2.10. The van der Waals surface area contributed by atoms with Crippen LogP contribution < -0.4 is 0 Å². The van der Waals surface area contributed by atoms with Gasteiger partial charge < -0.3 is 4.79 Å². The summed E-state index contributed by atoms with van der Waals surface area (Å²) in [5, 5.41) is 0. The molecular weight excluding hydrogens is 128 g/mol. The summed E-state index contributed by atoms with van der Waals surface area (Å²) in [4.78, 5) is 21.0. The Balaban J connectivity index is 2.32. The SMILES string of the molecule is O=CCC(=O)C1CCCC1. The minimum atomic E-state index is 0.130. The highest BCUT2D eigenvalue weighted by molar-refractivity contribution is 5.91. The second-order valence-corrected chi connectivity index (χ2v) is 2.82. The van der Waals surface area contributed by atoms with E-state index in [0.717, 1.165) is 25.7 Å². The van der Waals surface area contributed by atoms with Crippen LogP contribution >= 0.6 is 0 Å². The van der Waals surface area contributed by atoms with E-state index in [2.05, 4.69) is 0 Å². The molecule has 0 atom stereocenters. The topological polar surface area (TPSA) is 34.1 Å². The molecule has 0 heterocycles. The first-order valence-electron chi connectivity index (χ1n) is 3.81. The summed E-state index contributed by atoms with van der Waals surface area (Å²) in [7, 11) is 0. The molecule has 2 heteroatoms. The van der Waals surface area contributed by atoms with Crippen LogP contribution in [-0.4, -0.2) is 12.1 Å². The van der Waals surface area contributed by atoms with E-state index in [4.69, 9.17) is 0 Å². The van der Waals surface area contributed by atoms with Crippen molar-refractivity contribution >= 4 is 12.1 Å². The Hall–Kier alpha value is -0.660. The average molecular weight is 140 g/mol. The molecule has 0 N–H and O–H groups in total. The minimum absolute atomic E-state index is 0.130. The van der Waals surface area contributed by atoms with Gasteiger partial charge in [0, 0.05) is 5.92 Å². The van der Waals surface area contributed by atoms with Crippen LogP contribution in [0.5, 0.6) is 0 Å². The molecule has 56 valence electrons. The second kappa shape index (κ2) is 3.49. The normalized spacial score (nSPS) is 19.2. The van der Waals surface area contributed by atoms with Gasteiger partial charge in [0.15, 0.2) is 0 Å². The van der Waals surface area contributed by atoms with E-state index in [1.54, 1.807) is 0 Å². The highest BCUT2D eigenvalue weighted by Gasteiger charge is 2.21. The van der Waals surface area contributed by atoms with Gasteiger partial charge in [-0.05, 0) is 12.8 Å². The molecule has 1 fully saturated rings. The molecule has 1 saturated carbocycles. The van der Waals surface area contributed by atoms with Crippen molar-refractivity contribution in [1.29, 1.82) is 0 Å². The van der Waals surface area contributed by atoms with Crippen LogP contribution in [0.25, 0.3) is 0 Å². The largest absolute Gasteiger partial charge is 0.303 e. The monoisotopic (exact) mass is 140 g/mol. The molecule has 1 rings (SSSR count). The van der Waals surface area contributed by atoms with Gasteiger partial charge >= 0.3 is 0 Å². The van der Waals surface area contributed by atoms with E-state index in [0.29, 0.717) is 6.29 Å². The van der Waals surface area contributed by atoms with Crippen molar-refractivity contribution < 1.29 is 9.59 Å². The molecule has 0 aromatic carbocycles. The van der Waals surface area contributed by atoms with Crippen molar-refractivity contribution in [2.75, 3.05) is 0 Å². The summed E-state index contributed by atoms with van der Waals surface area (Å²) in [6.45, 7) is 0. The first-order chi connectivity index (χ1) is 4.84. The summed E-state index contributed by atoms with van der Waals surface area (Å²) >= 11 is 0. The van der Waals surface area contributed by atoms with Crippen LogP contribution in [-0.2, 0) is 9.59 Å². The van der Waals surface area contributed by atoms with Crippen LogP contribution in [0.4, 0.5) is 0 Å². The Morgan fingerprint density at radius 1 is 1.40 bits per heavy atom. The first kappa shape index (κ1) is 7.45. The molecule has 10 heavy (non-hydrogen) atoms. The molecule has 0 spiro atoms. The zero-order valence-corrected chi connectivity index (χ0v) is 6.01. The van der Waals surface area contributed by atoms with Gasteiger partial charge in [-0.15, -0.1) is 0 Å². The number of carbonyl (C=O) groups is 2. The van der Waals surface area contributed by atoms with Crippen molar-refractivity contribution in [2.45, 2.75) is 32.1 Å². The summed E-state index contributed by atoms with van der Waals surface area (Å²) < 4.78 is 0. The summed E-state index contributed by atoms with van der Waals surface area (Å²) in [6, 6.07) is 0. The second-order valence-electron chi connectivity index (χ2n) is 2.82. The van der Waals surface area contributed by atoms with E-state index in [-0.39, 0.29) is 18.1 Å². The minimum Gasteiger partial charge on any atom is -0.303 e. The number of Topliss-reactive ketones (excluding diaryl/α,β-unsaturated/α-hetero) is 1. The number of hydrogen-bond donors (Lipinski definition) is 0. The number of aldehydes is 1. The average Bonchev–Trinajstić information content (AvgIpc) is 2.38. The van der Waals surface area contributed by atoms with E-state index in [9.17, 15) is 9.59 Å². The zero-order valence-electron chi connectivity index (χ0n) is 6.01. The Morgan fingerprint density at radius 3 is 2.50 bits per heavy atom. The Bertz CT molecular complexity index is 134. The van der Waals surface area contributed by atoms with Gasteiger partial charge in [0.25, 0.3) is 0 Å². The number of carbonyl (C=O) groups excluding carboxylic acids is 2. The van der Waals surface area contributed by atoms with Crippen molar-refractivity contribution in [3.8, 4) is 0 Å². The summed E-state index contributed by atoms with van der Waals surface area (Å²) in [5.74, 6) is 0.359. The molecule has 1 aliphatic carbocycles. The van der Waals surface area contributed by atoms with E-state index >= 15 is 0 Å². The fourth-order valence-electron chi connectivity index (χ4n) is 1.50. The molecule has 0 amide bonds. The maximum Gasteiger partial charge on any atom is 0.143 e. The van der Waals surface area contributed by atoms with Crippen molar-refractivity contribution in [2.24, 2.45) is 5.92 Å². The number of ketones is 1. The molecule has 0 aromatic rings. The van der Waals surface area contributed by atoms with E-state index in [1.807, 2.05) is 0 Å². The smallest absolute Gasteiger partial charge is 0.143 e. The molecule has 0 saturated heterocycles. The lowest BCUT2D eigenvalue weighted by Crippen LogP contribution is -2.10. The maximum atomic E-state index is 11.0. The van der Waals surface area contributed by atoms with Crippen LogP contribution in [0, 0.1) is 5.92 Å². The van der Waals surface area contributed by atoms with Crippen LogP contribution in [0.1, 0.15) is 32.1 Å². The third-order valence-corrected chi connectivity index (χ3v) is 2.10. The van der Waals surface area contributed by atoms with Crippen molar-refractivity contribution in [3.63, 3.8) is 0 Å². The fraction of sp³-hybridized carbons (Fsp3) is 0.750. The van der Waals surface area contributed by atoms with E-state index in [1.165, 1.54) is 0 Å². The van der Waals surface area contributed by atoms with Gasteiger partial charge in [-0.2, -0.15) is 0 Å². The standard InChI is InChI=1S/C8H12O2/c9-6-5-8(10)7-3-1-2-4-7/h6-7H,1-5H2. The van der Waals surface area contributed by atoms with Crippen molar-refractivity contribution in [1.82, 2.24) is 0 Å². The van der Waals surface area contributed by atoms with Gasteiger partial charge in [-0.25, -0.2) is 0 Å². The van der Waals surface area contributed by atoms with Crippen LogP contribution in [0.15, 0.2) is 0 Å². The first-order valence-corrected chi connectivity index (χ1v) is 3.81. The van der Waals surface area contributed by atoms with Gasteiger partial charge in [0.05, 0.1) is 6.42 Å². The molecule has 0 radical (unpaired) electrons. The highest BCUT2D eigenvalue weighted by Crippen LogP contribution is 2.25. The van der Waals surface area contributed by atoms with Gasteiger partial charge in [-0.1, -0.05) is 12.8 Å². The van der Waals surface area contributed by atoms with Gasteiger partial charge in [0.2, 0.25) is 0 Å². The number of hydrogen-bond acceptors (Lipinski definition) is 2. The number of rotatable bonds is 3. The molecule has 0 unspecified atom stereocenters. The zero-order chi connectivity index (χ0) is 7.40. The molecule has 0 bridgehead atoms. The lowest BCUT2D eigenvalue weighted by molar-refractivity contribution is -0.125. The highest BCUT2D eigenvalue weighted by atomic mass is 16.1. The lowest BCUT2D eigenvalue weighted by atomic mass is 10.0. The predicted octanol–water partition coefficient (Wildman–Crippen LogP) is 1.33. The molecule has 0 aliphatic heterocycles. The quantitative estimate of drug-likeness (QED) is 0.438. The Kier molecular flexibility index (Phi) is 2.60. The fourth-order valence-corrected chi connectivity index (χ4v) is 1.50. The maximum absolute atomic E-state index is 11.0. The molecular formula is C8H12O2. The molecule has 1 aliphatic rings. The summed E-state index contributed by atoms with van der Waals surface area (Å²) in [5.41, 5.74) is 0. The van der Waals surface area contributed by atoms with Gasteiger partial charge in [0.1, 0.15) is 12.1 Å². The predicted molar refractivity (Wildman–Crippen MR) is 37.6 cm³/mol. The van der Waals surface area contributed by atoms with Gasteiger partial charge in [-0.3, -0.25) is 4.79 Å². The Labute approximate surface area is 60.6 Å². The summed E-state index contributed by atoms with van der Waals surface area (Å²) in [6.07, 6.45) is 5.18. The van der Waals surface area contributed by atoms with E-state index < -0.39 is 0 Å². The van der Waals surface area contributed by atoms with Crippen molar-refractivity contribution in [3.05, 3.63) is 0 Å². The van der Waals surface area contributed by atoms with Crippen LogP contribution in [0.3, 0.4) is 0 Å². The Morgan fingerprint density at radius 2 is 2.00 bits per heavy atom. The molecule has 0 aromatic heterocycles. The third kappa shape index (κ3) is 1.66. The van der Waals surface area contributed by atoms with Crippen LogP contribution in [0.2, 0.25) is 0 Å². The lowest BCUT2D eigenvalue weighted by Gasteiger charge is -2.02.